The van der Waals surface area contributed by atoms with E-state index in [1.807, 2.05) is 24.4 Å². The van der Waals surface area contributed by atoms with Gasteiger partial charge in [0.05, 0.1) is 23.8 Å². The number of aryl methyl sites for hydroxylation is 1. The van der Waals surface area contributed by atoms with E-state index >= 15 is 0 Å². The van der Waals surface area contributed by atoms with Crippen LogP contribution < -0.4 is 4.90 Å². The first-order valence-corrected chi connectivity index (χ1v) is 10.5. The molecule has 0 aromatic carbocycles. The molecule has 0 atom stereocenters. The number of ether oxygens (including phenoxy) is 1. The number of nitrogens with zero attached hydrogens (tertiary/aromatic N) is 5. The molecule has 0 aliphatic carbocycles. The normalized spacial score (nSPS) is 14.9. The predicted molar refractivity (Wildman–Crippen MR) is 103 cm³/mol. The quantitative estimate of drug-likeness (QED) is 0.596. The lowest BCUT2D eigenvalue weighted by atomic mass is 10.4. The zero-order valence-corrected chi connectivity index (χ0v) is 16.5. The van der Waals surface area contributed by atoms with Gasteiger partial charge < -0.3 is 14.1 Å². The molecule has 7 nitrogen and oxygen atoms in total. The van der Waals surface area contributed by atoms with Gasteiger partial charge in [-0.2, -0.15) is 0 Å². The minimum absolute atomic E-state index is 0.694. The molecule has 0 saturated carbocycles. The van der Waals surface area contributed by atoms with Crippen molar-refractivity contribution in [1.29, 1.82) is 0 Å². The van der Waals surface area contributed by atoms with Crippen molar-refractivity contribution in [2.24, 2.45) is 0 Å². The average molecular weight is 392 g/mol. The SMILES string of the molecule is CCn1c(SCc2nc(-c3cccs3)oc2C)nnc1N1CCOCC1. The molecule has 0 radical (unpaired) electrons. The minimum Gasteiger partial charge on any atom is -0.440 e. The molecule has 1 fully saturated rings. The fourth-order valence-electron chi connectivity index (χ4n) is 2.86. The summed E-state index contributed by atoms with van der Waals surface area (Å²) in [4.78, 5) is 7.95. The van der Waals surface area contributed by atoms with Crippen molar-refractivity contribution < 1.29 is 9.15 Å². The van der Waals surface area contributed by atoms with E-state index in [1.54, 1.807) is 23.1 Å². The molecule has 0 N–H and O–H groups in total. The summed E-state index contributed by atoms with van der Waals surface area (Å²) in [6.07, 6.45) is 0. The summed E-state index contributed by atoms with van der Waals surface area (Å²) < 4.78 is 13.4. The van der Waals surface area contributed by atoms with Crippen LogP contribution in [0.3, 0.4) is 0 Å². The van der Waals surface area contributed by atoms with Crippen molar-refractivity contribution in [3.63, 3.8) is 0 Å². The van der Waals surface area contributed by atoms with Crippen LogP contribution in [0.4, 0.5) is 5.95 Å². The molecule has 1 saturated heterocycles. The molecular formula is C17H21N5O2S2. The second-order valence-electron chi connectivity index (χ2n) is 5.91. The maximum absolute atomic E-state index is 5.83. The Morgan fingerprint density at radius 1 is 1.27 bits per heavy atom. The van der Waals surface area contributed by atoms with Gasteiger partial charge in [0, 0.05) is 25.4 Å². The van der Waals surface area contributed by atoms with E-state index in [0.717, 1.165) is 60.3 Å². The third kappa shape index (κ3) is 3.51. The standard InChI is InChI=1S/C17H21N5O2S2/c1-3-22-16(21-6-8-23-9-7-21)19-20-17(22)26-11-13-12(2)24-15(18-13)14-5-4-10-25-14/h4-5,10H,3,6-9,11H2,1-2H3. The summed E-state index contributed by atoms with van der Waals surface area (Å²) in [5.41, 5.74) is 0.956. The number of anilines is 1. The lowest BCUT2D eigenvalue weighted by molar-refractivity contribution is 0.121. The number of hydrogen-bond donors (Lipinski definition) is 0. The summed E-state index contributed by atoms with van der Waals surface area (Å²) in [6, 6.07) is 4.03. The summed E-state index contributed by atoms with van der Waals surface area (Å²) in [7, 11) is 0. The molecule has 138 valence electrons. The molecule has 1 aliphatic heterocycles. The number of thioether (sulfide) groups is 1. The molecule has 4 heterocycles. The average Bonchev–Trinajstić information content (AvgIpc) is 3.40. The zero-order valence-electron chi connectivity index (χ0n) is 14.8. The van der Waals surface area contributed by atoms with Gasteiger partial charge in [-0.25, -0.2) is 4.98 Å². The van der Waals surface area contributed by atoms with E-state index in [4.69, 9.17) is 9.15 Å². The molecule has 9 heteroatoms. The Balaban J connectivity index is 1.49. The Morgan fingerprint density at radius 2 is 2.12 bits per heavy atom. The maximum atomic E-state index is 5.83. The lowest BCUT2D eigenvalue weighted by Crippen LogP contribution is -2.38. The minimum atomic E-state index is 0.694. The fourth-order valence-corrected chi connectivity index (χ4v) is 4.51. The van der Waals surface area contributed by atoms with E-state index in [0.29, 0.717) is 11.6 Å². The molecule has 3 aromatic heterocycles. The predicted octanol–water partition coefficient (Wildman–Crippen LogP) is 3.45. The Hall–Kier alpha value is -1.84. The van der Waals surface area contributed by atoms with Gasteiger partial charge in [0.25, 0.3) is 0 Å². The summed E-state index contributed by atoms with van der Waals surface area (Å²) >= 11 is 3.28. The molecule has 26 heavy (non-hydrogen) atoms. The van der Waals surface area contributed by atoms with Crippen molar-refractivity contribution in [3.05, 3.63) is 29.0 Å². The number of morpholine rings is 1. The number of hydrogen-bond acceptors (Lipinski definition) is 8. The largest absolute Gasteiger partial charge is 0.440 e. The van der Waals surface area contributed by atoms with Gasteiger partial charge in [-0.1, -0.05) is 17.8 Å². The molecule has 0 amide bonds. The van der Waals surface area contributed by atoms with Crippen LogP contribution in [0.5, 0.6) is 0 Å². The van der Waals surface area contributed by atoms with Crippen molar-refractivity contribution in [3.8, 4) is 10.8 Å². The van der Waals surface area contributed by atoms with Gasteiger partial charge in [-0.15, -0.1) is 21.5 Å². The van der Waals surface area contributed by atoms with Gasteiger partial charge in [-0.05, 0) is 25.3 Å². The van der Waals surface area contributed by atoms with Crippen molar-refractivity contribution in [1.82, 2.24) is 19.7 Å². The highest BCUT2D eigenvalue weighted by atomic mass is 32.2. The number of aromatic nitrogens is 4. The third-order valence-corrected chi connectivity index (χ3v) is 6.11. The van der Waals surface area contributed by atoms with Crippen LogP contribution >= 0.6 is 23.1 Å². The molecule has 0 bridgehead atoms. The molecule has 3 aromatic rings. The smallest absolute Gasteiger partial charge is 0.236 e. The first kappa shape index (κ1) is 17.6. The molecular weight excluding hydrogens is 370 g/mol. The molecule has 1 aliphatic rings. The molecule has 4 rings (SSSR count). The van der Waals surface area contributed by atoms with Crippen LogP contribution in [0.25, 0.3) is 10.8 Å². The van der Waals surface area contributed by atoms with E-state index in [1.165, 1.54) is 0 Å². The van der Waals surface area contributed by atoms with Crippen LogP contribution in [0.1, 0.15) is 18.4 Å². The number of rotatable bonds is 6. The van der Waals surface area contributed by atoms with Crippen LogP contribution in [-0.2, 0) is 17.0 Å². The van der Waals surface area contributed by atoms with E-state index < -0.39 is 0 Å². The highest BCUT2D eigenvalue weighted by Gasteiger charge is 2.20. The zero-order chi connectivity index (χ0) is 17.9. The van der Waals surface area contributed by atoms with Crippen LogP contribution in [0, 0.1) is 6.92 Å². The van der Waals surface area contributed by atoms with Crippen molar-refractivity contribution in [2.45, 2.75) is 31.3 Å². The Kier molecular flexibility index (Phi) is 5.28. The monoisotopic (exact) mass is 391 g/mol. The Morgan fingerprint density at radius 3 is 2.85 bits per heavy atom. The van der Waals surface area contributed by atoms with E-state index in [9.17, 15) is 0 Å². The molecule has 0 unspecified atom stereocenters. The van der Waals surface area contributed by atoms with Crippen molar-refractivity contribution >= 4 is 29.0 Å². The fraction of sp³-hybridized carbons (Fsp3) is 0.471. The first-order valence-electron chi connectivity index (χ1n) is 8.65. The Labute approximate surface area is 160 Å². The first-order chi connectivity index (χ1) is 12.8. The second kappa shape index (κ2) is 7.81. The molecule has 0 spiro atoms. The van der Waals surface area contributed by atoms with Gasteiger partial charge in [0.15, 0.2) is 5.16 Å². The van der Waals surface area contributed by atoms with Crippen LogP contribution in [0.15, 0.2) is 27.1 Å². The van der Waals surface area contributed by atoms with Gasteiger partial charge in [-0.3, -0.25) is 4.57 Å². The Bertz CT molecular complexity index is 853. The van der Waals surface area contributed by atoms with E-state index in [-0.39, 0.29) is 0 Å². The van der Waals surface area contributed by atoms with Crippen molar-refractivity contribution in [2.75, 3.05) is 31.2 Å². The second-order valence-corrected chi connectivity index (χ2v) is 7.80. The topological polar surface area (TPSA) is 69.2 Å². The van der Waals surface area contributed by atoms with Gasteiger partial charge in [0.2, 0.25) is 11.8 Å². The lowest BCUT2D eigenvalue weighted by Gasteiger charge is -2.27. The summed E-state index contributed by atoms with van der Waals surface area (Å²) in [6.45, 7) is 8.10. The van der Waals surface area contributed by atoms with Gasteiger partial charge in [0.1, 0.15) is 5.76 Å². The van der Waals surface area contributed by atoms with E-state index in [2.05, 4.69) is 31.6 Å². The summed E-state index contributed by atoms with van der Waals surface area (Å²) in [5.74, 6) is 3.19. The number of thiophene rings is 1. The maximum Gasteiger partial charge on any atom is 0.236 e. The third-order valence-electron chi connectivity index (χ3n) is 4.27. The van der Waals surface area contributed by atoms with Gasteiger partial charge >= 0.3 is 0 Å². The summed E-state index contributed by atoms with van der Waals surface area (Å²) in [5, 5.41) is 11.8. The van der Waals surface area contributed by atoms with Crippen LogP contribution in [-0.4, -0.2) is 46.1 Å². The number of oxazole rings is 1. The highest BCUT2D eigenvalue weighted by Crippen LogP contribution is 2.30. The van der Waals surface area contributed by atoms with Crippen LogP contribution in [0.2, 0.25) is 0 Å². The highest BCUT2D eigenvalue weighted by molar-refractivity contribution is 7.98.